The molecule has 2 aromatic carbocycles. The van der Waals surface area contributed by atoms with Crippen LogP contribution in [0.1, 0.15) is 37.4 Å². The van der Waals surface area contributed by atoms with Gasteiger partial charge in [0.1, 0.15) is 11.5 Å². The van der Waals surface area contributed by atoms with Gasteiger partial charge in [0.15, 0.2) is 6.61 Å². The highest BCUT2D eigenvalue weighted by Gasteiger charge is 2.15. The maximum absolute atomic E-state index is 12.2. The van der Waals surface area contributed by atoms with E-state index in [1.807, 2.05) is 38.1 Å². The van der Waals surface area contributed by atoms with E-state index in [0.29, 0.717) is 24.3 Å². The van der Waals surface area contributed by atoms with Gasteiger partial charge in [-0.05, 0) is 61.7 Å². The fraction of sp³-hybridized carbons (Fsp3) is 0.381. The molecule has 0 heterocycles. The number of hydrogen-bond acceptors (Lipinski definition) is 5. The van der Waals surface area contributed by atoms with Crippen LogP contribution >= 0.6 is 0 Å². The molecule has 0 aliphatic carbocycles. The highest BCUT2D eigenvalue weighted by molar-refractivity contribution is 7.89. The van der Waals surface area contributed by atoms with Crippen molar-refractivity contribution >= 4 is 15.9 Å². The van der Waals surface area contributed by atoms with Crippen molar-refractivity contribution < 1.29 is 22.7 Å². The van der Waals surface area contributed by atoms with Gasteiger partial charge in [-0.1, -0.05) is 19.1 Å². The summed E-state index contributed by atoms with van der Waals surface area (Å²) in [5.74, 6) is 0.946. The lowest BCUT2D eigenvalue weighted by atomic mass is 10.1. The van der Waals surface area contributed by atoms with Crippen molar-refractivity contribution in [3.05, 3.63) is 53.6 Å². The van der Waals surface area contributed by atoms with E-state index < -0.39 is 10.0 Å². The Morgan fingerprint density at radius 1 is 1.14 bits per heavy atom. The molecule has 0 aliphatic rings. The van der Waals surface area contributed by atoms with E-state index in [1.165, 1.54) is 12.1 Å². The average molecular weight is 421 g/mol. The first-order valence-electron chi connectivity index (χ1n) is 9.43. The minimum absolute atomic E-state index is 0.165. The summed E-state index contributed by atoms with van der Waals surface area (Å²) in [5, 5.41) is 2.87. The molecule has 2 rings (SSSR count). The Kier molecular flexibility index (Phi) is 8.04. The van der Waals surface area contributed by atoms with Gasteiger partial charge in [-0.15, -0.1) is 0 Å². The third-order valence-electron chi connectivity index (χ3n) is 4.35. The van der Waals surface area contributed by atoms with Crippen LogP contribution in [0, 0.1) is 6.92 Å². The summed E-state index contributed by atoms with van der Waals surface area (Å²) in [6.07, 6.45) is 0.712. The van der Waals surface area contributed by atoms with E-state index in [-0.39, 0.29) is 23.5 Å². The Bertz CT molecular complexity index is 927. The molecule has 0 aromatic heterocycles. The van der Waals surface area contributed by atoms with Gasteiger partial charge < -0.3 is 14.8 Å². The molecule has 0 fully saturated rings. The van der Waals surface area contributed by atoms with Crippen molar-refractivity contribution in [3.8, 4) is 11.5 Å². The van der Waals surface area contributed by atoms with Crippen LogP contribution in [0.5, 0.6) is 11.5 Å². The molecular weight excluding hydrogens is 392 g/mol. The second kappa shape index (κ2) is 10.3. The van der Waals surface area contributed by atoms with Crippen LogP contribution in [0.4, 0.5) is 0 Å². The topological polar surface area (TPSA) is 93.7 Å². The van der Waals surface area contributed by atoms with Crippen molar-refractivity contribution in [1.82, 2.24) is 10.0 Å². The van der Waals surface area contributed by atoms with Crippen LogP contribution in [-0.2, 0) is 14.8 Å². The number of amides is 1. The number of hydrogen-bond donors (Lipinski definition) is 2. The smallest absolute Gasteiger partial charge is 0.258 e. The number of benzene rings is 2. The molecule has 8 heteroatoms. The molecule has 0 bridgehead atoms. The molecule has 0 radical (unpaired) electrons. The second-order valence-electron chi connectivity index (χ2n) is 6.68. The van der Waals surface area contributed by atoms with E-state index >= 15 is 0 Å². The zero-order valence-electron chi connectivity index (χ0n) is 17.2. The van der Waals surface area contributed by atoms with Crippen molar-refractivity contribution in [2.45, 2.75) is 38.1 Å². The lowest BCUT2D eigenvalue weighted by molar-refractivity contribution is -0.123. The van der Waals surface area contributed by atoms with E-state index in [0.717, 1.165) is 11.3 Å². The van der Waals surface area contributed by atoms with Gasteiger partial charge in [-0.3, -0.25) is 4.79 Å². The zero-order chi connectivity index (χ0) is 21.4. The molecule has 2 N–H and O–H groups in total. The number of carbonyl (C=O) groups is 1. The van der Waals surface area contributed by atoms with E-state index in [1.54, 1.807) is 20.1 Å². The number of nitrogens with one attached hydrogen (secondary N) is 2. The molecule has 0 saturated heterocycles. The standard InChI is InChI=1S/C21H28N2O5S/c1-5-12-22-29(25,26)19-10-11-20(15(2)13-19)28-14-21(24)23-16(3)17-6-8-18(27-4)9-7-17/h6-11,13,16,22H,5,12,14H2,1-4H3,(H,23,24)/t16-/m0/s1. The number of aryl methyl sites for hydroxylation is 1. The largest absolute Gasteiger partial charge is 0.497 e. The Balaban J connectivity index is 1.94. The van der Waals surface area contributed by atoms with Crippen molar-refractivity contribution in [2.75, 3.05) is 20.3 Å². The molecule has 29 heavy (non-hydrogen) atoms. The van der Waals surface area contributed by atoms with Gasteiger partial charge in [-0.25, -0.2) is 13.1 Å². The first-order valence-corrected chi connectivity index (χ1v) is 10.9. The molecule has 0 unspecified atom stereocenters. The summed E-state index contributed by atoms with van der Waals surface area (Å²) in [4.78, 5) is 12.4. The van der Waals surface area contributed by atoms with Crippen LogP contribution < -0.4 is 19.5 Å². The normalized spacial score (nSPS) is 12.3. The fourth-order valence-electron chi connectivity index (χ4n) is 2.67. The van der Waals surface area contributed by atoms with E-state index in [9.17, 15) is 13.2 Å². The Morgan fingerprint density at radius 2 is 1.83 bits per heavy atom. The molecule has 2 aromatic rings. The number of carbonyl (C=O) groups excluding carboxylic acids is 1. The summed E-state index contributed by atoms with van der Waals surface area (Å²) in [5.41, 5.74) is 1.59. The Morgan fingerprint density at radius 3 is 2.41 bits per heavy atom. The number of methoxy groups -OCH3 is 1. The number of ether oxygens (including phenoxy) is 2. The van der Waals surface area contributed by atoms with Crippen LogP contribution in [0.25, 0.3) is 0 Å². The minimum Gasteiger partial charge on any atom is -0.497 e. The SMILES string of the molecule is CCCNS(=O)(=O)c1ccc(OCC(=O)N[C@@H](C)c2ccc(OC)cc2)c(C)c1. The predicted octanol–water partition coefficient (Wildman–Crippen LogP) is 2.95. The molecule has 0 saturated carbocycles. The third-order valence-corrected chi connectivity index (χ3v) is 5.81. The third kappa shape index (κ3) is 6.47. The summed E-state index contributed by atoms with van der Waals surface area (Å²) in [7, 11) is -1.94. The predicted molar refractivity (Wildman–Crippen MR) is 112 cm³/mol. The van der Waals surface area contributed by atoms with Crippen molar-refractivity contribution in [2.24, 2.45) is 0 Å². The first-order chi connectivity index (χ1) is 13.8. The van der Waals surface area contributed by atoms with Crippen LogP contribution in [0.2, 0.25) is 0 Å². The molecule has 7 nitrogen and oxygen atoms in total. The molecule has 0 spiro atoms. The lowest BCUT2D eigenvalue weighted by Gasteiger charge is -2.16. The summed E-state index contributed by atoms with van der Waals surface area (Å²) in [6, 6.07) is 11.8. The average Bonchev–Trinajstić information content (AvgIpc) is 2.71. The number of rotatable bonds is 10. The Hall–Kier alpha value is -2.58. The second-order valence-corrected chi connectivity index (χ2v) is 8.44. The van der Waals surface area contributed by atoms with Gasteiger partial charge in [0.05, 0.1) is 18.0 Å². The highest BCUT2D eigenvalue weighted by Crippen LogP contribution is 2.22. The van der Waals surface area contributed by atoms with E-state index in [2.05, 4.69) is 10.0 Å². The first kappa shape index (κ1) is 22.7. The van der Waals surface area contributed by atoms with Gasteiger partial charge in [0, 0.05) is 6.54 Å². The van der Waals surface area contributed by atoms with Gasteiger partial charge in [0.25, 0.3) is 5.91 Å². The summed E-state index contributed by atoms with van der Waals surface area (Å²) >= 11 is 0. The fourth-order valence-corrected chi connectivity index (χ4v) is 3.89. The van der Waals surface area contributed by atoms with Crippen LogP contribution in [0.3, 0.4) is 0 Å². The molecule has 1 atom stereocenters. The molecular formula is C21H28N2O5S. The van der Waals surface area contributed by atoms with Crippen LogP contribution in [0.15, 0.2) is 47.4 Å². The van der Waals surface area contributed by atoms with Gasteiger partial charge in [-0.2, -0.15) is 0 Å². The van der Waals surface area contributed by atoms with Gasteiger partial charge in [0.2, 0.25) is 10.0 Å². The number of sulfonamides is 1. The molecule has 158 valence electrons. The quantitative estimate of drug-likeness (QED) is 0.616. The van der Waals surface area contributed by atoms with E-state index in [4.69, 9.17) is 9.47 Å². The maximum atomic E-state index is 12.2. The molecule has 1 amide bonds. The highest BCUT2D eigenvalue weighted by atomic mass is 32.2. The maximum Gasteiger partial charge on any atom is 0.258 e. The molecule has 0 aliphatic heterocycles. The van der Waals surface area contributed by atoms with Crippen LogP contribution in [-0.4, -0.2) is 34.6 Å². The van der Waals surface area contributed by atoms with Crippen molar-refractivity contribution in [1.29, 1.82) is 0 Å². The summed E-state index contributed by atoms with van der Waals surface area (Å²) < 4.78 is 37.6. The Labute approximate surface area is 172 Å². The monoisotopic (exact) mass is 420 g/mol. The lowest BCUT2D eigenvalue weighted by Crippen LogP contribution is -2.31. The van der Waals surface area contributed by atoms with Crippen molar-refractivity contribution in [3.63, 3.8) is 0 Å². The zero-order valence-corrected chi connectivity index (χ0v) is 18.0. The van der Waals surface area contributed by atoms with Gasteiger partial charge >= 0.3 is 0 Å². The summed E-state index contributed by atoms with van der Waals surface area (Å²) in [6.45, 7) is 5.74. The minimum atomic E-state index is -3.54.